The molecule has 1 aromatic rings. The topological polar surface area (TPSA) is 63.6 Å². The summed E-state index contributed by atoms with van der Waals surface area (Å²) in [6.07, 6.45) is 0. The number of carboxylic acid groups (broad SMARTS) is 1. The molecule has 1 heterocycles. The van der Waals surface area contributed by atoms with Crippen LogP contribution in [-0.4, -0.2) is 17.0 Å². The van der Waals surface area contributed by atoms with Gasteiger partial charge in [0.05, 0.1) is 0 Å². The predicted octanol–water partition coefficient (Wildman–Crippen LogP) is 1.41. The van der Waals surface area contributed by atoms with Crippen molar-refractivity contribution in [1.29, 1.82) is 0 Å². The van der Waals surface area contributed by atoms with Crippen molar-refractivity contribution in [2.24, 2.45) is 5.92 Å². The van der Waals surface area contributed by atoms with E-state index in [1.54, 1.807) is 31.2 Å². The summed E-state index contributed by atoms with van der Waals surface area (Å²) in [7, 11) is 0. The van der Waals surface area contributed by atoms with Gasteiger partial charge in [0.25, 0.3) is 0 Å². The third-order valence-electron chi connectivity index (χ3n) is 2.64. The fourth-order valence-corrected chi connectivity index (χ4v) is 1.82. The molecule has 0 saturated carbocycles. The van der Waals surface area contributed by atoms with Crippen LogP contribution in [0.5, 0.6) is 5.75 Å². The van der Waals surface area contributed by atoms with Crippen molar-refractivity contribution in [1.82, 2.24) is 0 Å². The number of carbonyl (C=O) groups is 2. The minimum Gasteiger partial charge on any atom is -0.481 e. The molecule has 0 saturated heterocycles. The monoisotopic (exact) mass is 206 g/mol. The Morgan fingerprint density at radius 1 is 1.40 bits per heavy atom. The molecule has 0 fully saturated rings. The quantitative estimate of drug-likeness (QED) is 0.428. The Balaban J connectivity index is 2.47. The van der Waals surface area contributed by atoms with Gasteiger partial charge in [-0.3, -0.25) is 9.59 Å². The zero-order valence-corrected chi connectivity index (χ0v) is 8.14. The van der Waals surface area contributed by atoms with Crippen LogP contribution < -0.4 is 4.74 Å². The molecule has 1 aromatic carbocycles. The molecule has 15 heavy (non-hydrogen) atoms. The highest BCUT2D eigenvalue weighted by molar-refractivity contribution is 5.97. The highest BCUT2D eigenvalue weighted by Crippen LogP contribution is 2.37. The fourth-order valence-electron chi connectivity index (χ4n) is 1.82. The van der Waals surface area contributed by atoms with Crippen LogP contribution in [0.15, 0.2) is 24.3 Å². The predicted molar refractivity (Wildman–Crippen MR) is 51.6 cm³/mol. The number of carboxylic acids is 1. The van der Waals surface area contributed by atoms with Crippen LogP contribution in [0.4, 0.5) is 0 Å². The van der Waals surface area contributed by atoms with Gasteiger partial charge >= 0.3 is 11.9 Å². The van der Waals surface area contributed by atoms with E-state index in [1.165, 1.54) is 0 Å². The van der Waals surface area contributed by atoms with Gasteiger partial charge in [-0.2, -0.15) is 0 Å². The van der Waals surface area contributed by atoms with E-state index in [2.05, 4.69) is 0 Å². The lowest BCUT2D eigenvalue weighted by molar-refractivity contribution is -0.155. The number of aliphatic carboxylic acids is 1. The summed E-state index contributed by atoms with van der Waals surface area (Å²) >= 11 is 0. The first kappa shape index (κ1) is 9.71. The zero-order chi connectivity index (χ0) is 11.0. The molecule has 0 aliphatic carbocycles. The molecule has 78 valence electrons. The first-order valence-electron chi connectivity index (χ1n) is 4.64. The van der Waals surface area contributed by atoms with E-state index < -0.39 is 17.9 Å². The SMILES string of the molecule is C[C@@H]1c2ccccc2OC(=O)[C@H]1C(=O)O. The Morgan fingerprint density at radius 2 is 2.07 bits per heavy atom. The summed E-state index contributed by atoms with van der Waals surface area (Å²) in [5, 5.41) is 8.90. The van der Waals surface area contributed by atoms with Crippen LogP contribution in [0.1, 0.15) is 18.4 Å². The van der Waals surface area contributed by atoms with Crippen molar-refractivity contribution in [3.05, 3.63) is 29.8 Å². The largest absolute Gasteiger partial charge is 0.481 e. The van der Waals surface area contributed by atoms with Gasteiger partial charge in [-0.05, 0) is 11.6 Å². The summed E-state index contributed by atoms with van der Waals surface area (Å²) in [5.41, 5.74) is 0.768. The second kappa shape index (κ2) is 3.38. The van der Waals surface area contributed by atoms with Crippen molar-refractivity contribution < 1.29 is 19.4 Å². The number of hydrogen-bond donors (Lipinski definition) is 1. The minimum absolute atomic E-state index is 0.347. The molecule has 4 nitrogen and oxygen atoms in total. The smallest absolute Gasteiger partial charge is 0.326 e. The molecule has 2 rings (SSSR count). The Bertz CT molecular complexity index is 424. The van der Waals surface area contributed by atoms with Crippen LogP contribution in [0.3, 0.4) is 0 Å². The Labute approximate surface area is 86.5 Å². The molecule has 0 bridgehead atoms. The number of rotatable bonds is 1. The molecule has 0 spiro atoms. The molecular formula is C11H10O4. The normalized spacial score (nSPS) is 24.2. The summed E-state index contributed by atoms with van der Waals surface area (Å²) in [6.45, 7) is 1.72. The molecular weight excluding hydrogens is 196 g/mol. The Morgan fingerprint density at radius 3 is 2.73 bits per heavy atom. The van der Waals surface area contributed by atoms with Crippen LogP contribution in [-0.2, 0) is 9.59 Å². The van der Waals surface area contributed by atoms with E-state index >= 15 is 0 Å². The Kier molecular flexibility index (Phi) is 2.19. The number of para-hydroxylation sites is 1. The third kappa shape index (κ3) is 1.48. The number of carbonyl (C=O) groups excluding carboxylic acids is 1. The van der Waals surface area contributed by atoms with E-state index in [0.717, 1.165) is 5.56 Å². The van der Waals surface area contributed by atoms with Crippen LogP contribution in [0, 0.1) is 5.92 Å². The average Bonchev–Trinajstić information content (AvgIpc) is 2.17. The minimum atomic E-state index is -1.14. The van der Waals surface area contributed by atoms with E-state index in [4.69, 9.17) is 9.84 Å². The number of ether oxygens (including phenoxy) is 1. The molecule has 0 radical (unpaired) electrons. The molecule has 4 heteroatoms. The van der Waals surface area contributed by atoms with Crippen molar-refractivity contribution in [3.63, 3.8) is 0 Å². The maximum absolute atomic E-state index is 11.4. The van der Waals surface area contributed by atoms with Gasteiger partial charge in [0.1, 0.15) is 5.75 Å². The summed E-state index contributed by atoms with van der Waals surface area (Å²) < 4.78 is 4.96. The Hall–Kier alpha value is -1.84. The van der Waals surface area contributed by atoms with Crippen LogP contribution in [0.2, 0.25) is 0 Å². The molecule has 0 amide bonds. The summed E-state index contributed by atoms with van der Waals surface area (Å²) in [5.74, 6) is -2.80. The lowest BCUT2D eigenvalue weighted by Crippen LogP contribution is -2.36. The second-order valence-electron chi connectivity index (χ2n) is 3.56. The van der Waals surface area contributed by atoms with Gasteiger partial charge in [0.2, 0.25) is 0 Å². The maximum atomic E-state index is 11.4. The third-order valence-corrected chi connectivity index (χ3v) is 2.64. The van der Waals surface area contributed by atoms with E-state index in [0.29, 0.717) is 5.75 Å². The molecule has 0 unspecified atom stereocenters. The molecule has 1 aliphatic rings. The molecule has 2 atom stereocenters. The van der Waals surface area contributed by atoms with Gasteiger partial charge in [0, 0.05) is 5.92 Å². The van der Waals surface area contributed by atoms with E-state index in [-0.39, 0.29) is 5.92 Å². The van der Waals surface area contributed by atoms with Crippen molar-refractivity contribution in [3.8, 4) is 5.75 Å². The van der Waals surface area contributed by atoms with Crippen molar-refractivity contribution in [2.75, 3.05) is 0 Å². The van der Waals surface area contributed by atoms with Crippen molar-refractivity contribution >= 4 is 11.9 Å². The summed E-state index contributed by atoms with van der Waals surface area (Å²) in [6, 6.07) is 7.00. The number of benzene rings is 1. The number of hydrogen-bond acceptors (Lipinski definition) is 3. The van der Waals surface area contributed by atoms with Crippen molar-refractivity contribution in [2.45, 2.75) is 12.8 Å². The standard InChI is InChI=1S/C11H10O4/c1-6-7-4-2-3-5-8(7)15-11(14)9(6)10(12)13/h2-6,9H,1H3,(H,12,13)/t6-,9-/m1/s1. The zero-order valence-electron chi connectivity index (χ0n) is 8.14. The highest BCUT2D eigenvalue weighted by Gasteiger charge is 2.39. The number of esters is 1. The molecule has 1 N–H and O–H groups in total. The maximum Gasteiger partial charge on any atom is 0.326 e. The van der Waals surface area contributed by atoms with Gasteiger partial charge < -0.3 is 9.84 Å². The fraction of sp³-hybridized carbons (Fsp3) is 0.273. The van der Waals surface area contributed by atoms with Gasteiger partial charge in [-0.25, -0.2) is 0 Å². The average molecular weight is 206 g/mol. The van der Waals surface area contributed by atoms with Crippen LogP contribution >= 0.6 is 0 Å². The first-order chi connectivity index (χ1) is 7.11. The lowest BCUT2D eigenvalue weighted by Gasteiger charge is -2.26. The second-order valence-corrected chi connectivity index (χ2v) is 3.56. The molecule has 1 aliphatic heterocycles. The van der Waals surface area contributed by atoms with Gasteiger partial charge in [-0.15, -0.1) is 0 Å². The van der Waals surface area contributed by atoms with Gasteiger partial charge in [-0.1, -0.05) is 25.1 Å². The molecule has 0 aromatic heterocycles. The van der Waals surface area contributed by atoms with Gasteiger partial charge in [0.15, 0.2) is 5.92 Å². The summed E-state index contributed by atoms with van der Waals surface area (Å²) in [4.78, 5) is 22.3. The van der Waals surface area contributed by atoms with E-state index in [1.807, 2.05) is 0 Å². The van der Waals surface area contributed by atoms with E-state index in [9.17, 15) is 9.59 Å². The van der Waals surface area contributed by atoms with Crippen LogP contribution in [0.25, 0.3) is 0 Å². The first-order valence-corrected chi connectivity index (χ1v) is 4.64. The number of fused-ring (bicyclic) bond motifs is 1. The highest BCUT2D eigenvalue weighted by atomic mass is 16.5. The lowest BCUT2D eigenvalue weighted by atomic mass is 9.85.